The van der Waals surface area contributed by atoms with Gasteiger partial charge in [-0.2, -0.15) is 0 Å². The molecule has 2 aromatic rings. The summed E-state index contributed by atoms with van der Waals surface area (Å²) in [5, 5.41) is 3.32. The summed E-state index contributed by atoms with van der Waals surface area (Å²) in [4.78, 5) is 27.3. The van der Waals surface area contributed by atoms with E-state index in [1.54, 1.807) is 0 Å². The number of amides is 2. The maximum atomic E-state index is 12.1. The molecule has 25 heavy (non-hydrogen) atoms. The van der Waals surface area contributed by atoms with E-state index in [0.717, 1.165) is 21.2 Å². The molecule has 0 radical (unpaired) electrons. The second-order valence-corrected chi connectivity index (χ2v) is 7.63. The minimum absolute atomic E-state index is 0.113. The summed E-state index contributed by atoms with van der Waals surface area (Å²) in [6.45, 7) is 2.07. The van der Waals surface area contributed by atoms with Crippen molar-refractivity contribution in [2.24, 2.45) is 5.73 Å². The van der Waals surface area contributed by atoms with Gasteiger partial charge in [-0.05, 0) is 31.0 Å². The number of nitrogens with two attached hydrogens (primary N) is 1. The van der Waals surface area contributed by atoms with Crippen LogP contribution in [-0.4, -0.2) is 29.3 Å². The molecule has 1 aromatic carbocycles. The number of carbonyl (C=O) groups is 2. The Morgan fingerprint density at radius 1 is 1.36 bits per heavy atom. The number of ether oxygens (including phenoxy) is 2. The third-order valence-corrected chi connectivity index (χ3v) is 5.88. The molecular formula is C16H17N3O4S2. The lowest BCUT2D eigenvalue weighted by molar-refractivity contribution is -0.116. The van der Waals surface area contributed by atoms with E-state index in [9.17, 15) is 9.59 Å². The molecule has 0 unspecified atom stereocenters. The molecule has 7 nitrogen and oxygen atoms in total. The number of thiazole rings is 1. The van der Waals surface area contributed by atoms with Gasteiger partial charge in [-0.15, -0.1) is 11.8 Å². The normalized spacial score (nSPS) is 12.2. The lowest BCUT2D eigenvalue weighted by Gasteiger charge is -2.03. The molecule has 0 fully saturated rings. The number of thioether (sulfide) groups is 1. The maximum Gasteiger partial charge on any atom is 0.231 e. The zero-order chi connectivity index (χ0) is 17.8. The number of hydrogen-bond donors (Lipinski definition) is 2. The highest BCUT2D eigenvalue weighted by atomic mass is 32.2. The first-order valence-corrected chi connectivity index (χ1v) is 9.38. The molecule has 2 heterocycles. The van der Waals surface area contributed by atoms with Crippen molar-refractivity contribution in [3.63, 3.8) is 0 Å². The Bertz CT molecular complexity index is 807. The Labute approximate surface area is 152 Å². The van der Waals surface area contributed by atoms with Gasteiger partial charge in [0.2, 0.25) is 18.6 Å². The molecule has 0 aliphatic carbocycles. The number of benzene rings is 1. The van der Waals surface area contributed by atoms with Crippen LogP contribution in [0.15, 0.2) is 22.4 Å². The van der Waals surface area contributed by atoms with Gasteiger partial charge in [0.15, 0.2) is 16.6 Å². The number of primary amides is 1. The van der Waals surface area contributed by atoms with Crippen molar-refractivity contribution in [1.82, 2.24) is 4.98 Å². The molecule has 0 saturated heterocycles. The number of anilines is 1. The lowest BCUT2D eigenvalue weighted by atomic mass is 10.1. The van der Waals surface area contributed by atoms with Crippen molar-refractivity contribution in [1.29, 1.82) is 0 Å². The standard InChI is InChI=1S/C16H17N3O4S2/c1-9-15(24-7-13(17)20)25-16(18-9)19-14(21)5-3-10-2-4-11-12(6-10)23-8-22-11/h2,4,6H,3,5,7-8H2,1H3,(H2,17,20)(H,18,19,21). The molecule has 9 heteroatoms. The van der Waals surface area contributed by atoms with Crippen molar-refractivity contribution >= 4 is 40.0 Å². The van der Waals surface area contributed by atoms with Gasteiger partial charge in [0.25, 0.3) is 0 Å². The molecule has 0 bridgehead atoms. The van der Waals surface area contributed by atoms with Crippen LogP contribution >= 0.6 is 23.1 Å². The molecule has 1 aromatic heterocycles. The summed E-state index contributed by atoms with van der Waals surface area (Å²) in [7, 11) is 0. The second-order valence-electron chi connectivity index (χ2n) is 5.38. The number of hydrogen-bond acceptors (Lipinski definition) is 7. The number of aromatic nitrogens is 1. The Morgan fingerprint density at radius 2 is 2.16 bits per heavy atom. The van der Waals surface area contributed by atoms with Crippen LogP contribution < -0.4 is 20.5 Å². The van der Waals surface area contributed by atoms with Crippen LogP contribution in [0.3, 0.4) is 0 Å². The Kier molecular flexibility index (Phi) is 5.44. The van der Waals surface area contributed by atoms with Gasteiger partial charge in [-0.1, -0.05) is 17.4 Å². The molecule has 0 saturated carbocycles. The van der Waals surface area contributed by atoms with Crippen LogP contribution in [0, 0.1) is 6.92 Å². The molecule has 3 rings (SSSR count). The number of nitrogens with zero attached hydrogens (tertiary/aromatic N) is 1. The van der Waals surface area contributed by atoms with Crippen molar-refractivity contribution in [2.75, 3.05) is 17.9 Å². The molecule has 0 spiro atoms. The summed E-state index contributed by atoms with van der Waals surface area (Å²) in [6, 6.07) is 5.66. The van der Waals surface area contributed by atoms with E-state index in [4.69, 9.17) is 15.2 Å². The van der Waals surface area contributed by atoms with Crippen LogP contribution in [0.25, 0.3) is 0 Å². The lowest BCUT2D eigenvalue weighted by Crippen LogP contribution is -2.12. The number of rotatable bonds is 7. The SMILES string of the molecule is Cc1nc(NC(=O)CCc2ccc3c(c2)OCO3)sc1SCC(N)=O. The predicted octanol–water partition coefficient (Wildman–Crippen LogP) is 2.33. The molecule has 132 valence electrons. The fourth-order valence-electron chi connectivity index (χ4n) is 2.24. The molecular weight excluding hydrogens is 362 g/mol. The van der Waals surface area contributed by atoms with Gasteiger partial charge in [0, 0.05) is 6.42 Å². The van der Waals surface area contributed by atoms with Gasteiger partial charge in [0.1, 0.15) is 0 Å². The van der Waals surface area contributed by atoms with Gasteiger partial charge in [-0.3, -0.25) is 9.59 Å². The van der Waals surface area contributed by atoms with Gasteiger partial charge >= 0.3 is 0 Å². The van der Waals surface area contributed by atoms with Crippen molar-refractivity contribution in [3.05, 3.63) is 29.5 Å². The summed E-state index contributed by atoms with van der Waals surface area (Å²) in [6.07, 6.45) is 0.929. The Hall–Kier alpha value is -2.26. The van der Waals surface area contributed by atoms with E-state index in [1.165, 1.54) is 23.1 Å². The second kappa shape index (κ2) is 7.75. The van der Waals surface area contributed by atoms with E-state index >= 15 is 0 Å². The van der Waals surface area contributed by atoms with Crippen LogP contribution in [0.5, 0.6) is 11.5 Å². The van der Waals surface area contributed by atoms with E-state index in [2.05, 4.69) is 10.3 Å². The quantitative estimate of drug-likeness (QED) is 0.716. The van der Waals surface area contributed by atoms with Crippen LogP contribution in [0.4, 0.5) is 5.13 Å². The number of carbonyl (C=O) groups excluding carboxylic acids is 2. The molecule has 2 amide bonds. The van der Waals surface area contributed by atoms with E-state index in [-0.39, 0.29) is 24.4 Å². The number of nitrogens with one attached hydrogen (secondary N) is 1. The van der Waals surface area contributed by atoms with Crippen molar-refractivity contribution in [3.8, 4) is 11.5 Å². The first-order chi connectivity index (χ1) is 12.0. The molecule has 3 N–H and O–H groups in total. The summed E-state index contributed by atoms with van der Waals surface area (Å²) >= 11 is 2.67. The van der Waals surface area contributed by atoms with Crippen LogP contribution in [0.2, 0.25) is 0 Å². The third-order valence-electron chi connectivity index (χ3n) is 3.42. The average molecular weight is 379 g/mol. The minimum atomic E-state index is -0.382. The van der Waals surface area contributed by atoms with E-state index in [0.29, 0.717) is 23.7 Å². The largest absolute Gasteiger partial charge is 0.454 e. The van der Waals surface area contributed by atoms with E-state index < -0.39 is 0 Å². The smallest absolute Gasteiger partial charge is 0.231 e. The molecule has 1 aliphatic rings. The Morgan fingerprint density at radius 3 is 2.96 bits per heavy atom. The predicted molar refractivity (Wildman–Crippen MR) is 96.3 cm³/mol. The summed E-state index contributed by atoms with van der Waals surface area (Å²) in [5.74, 6) is 1.14. The van der Waals surface area contributed by atoms with Gasteiger partial charge in [0.05, 0.1) is 15.7 Å². The first-order valence-electron chi connectivity index (χ1n) is 7.58. The zero-order valence-electron chi connectivity index (χ0n) is 13.5. The maximum absolute atomic E-state index is 12.1. The first kappa shape index (κ1) is 17.6. The fourth-order valence-corrected chi connectivity index (χ4v) is 4.14. The number of aryl methyl sites for hydroxylation is 2. The van der Waals surface area contributed by atoms with Crippen molar-refractivity contribution < 1.29 is 19.1 Å². The van der Waals surface area contributed by atoms with Gasteiger partial charge in [-0.25, -0.2) is 4.98 Å². The number of fused-ring (bicyclic) bond motifs is 1. The van der Waals surface area contributed by atoms with E-state index in [1.807, 2.05) is 25.1 Å². The van der Waals surface area contributed by atoms with Crippen LogP contribution in [0.1, 0.15) is 17.7 Å². The van der Waals surface area contributed by atoms with Crippen molar-refractivity contribution in [2.45, 2.75) is 24.0 Å². The fraction of sp³-hybridized carbons (Fsp3) is 0.312. The monoisotopic (exact) mass is 379 g/mol. The molecule has 1 aliphatic heterocycles. The van der Waals surface area contributed by atoms with Crippen LogP contribution in [-0.2, 0) is 16.0 Å². The highest BCUT2D eigenvalue weighted by molar-refractivity contribution is 8.01. The summed E-state index contributed by atoms with van der Waals surface area (Å²) in [5.41, 5.74) is 6.93. The average Bonchev–Trinajstić information content (AvgIpc) is 3.16. The third kappa shape index (κ3) is 4.64. The Balaban J connectivity index is 1.52. The highest BCUT2D eigenvalue weighted by Crippen LogP contribution is 2.33. The zero-order valence-corrected chi connectivity index (χ0v) is 15.2. The molecule has 0 atom stereocenters. The van der Waals surface area contributed by atoms with Gasteiger partial charge < -0.3 is 20.5 Å². The summed E-state index contributed by atoms with van der Waals surface area (Å²) < 4.78 is 11.5. The topological polar surface area (TPSA) is 104 Å². The highest BCUT2D eigenvalue weighted by Gasteiger charge is 2.15. The minimum Gasteiger partial charge on any atom is -0.454 e.